The van der Waals surface area contributed by atoms with Crippen molar-refractivity contribution >= 4 is 0 Å². The first-order valence-electron chi connectivity index (χ1n) is 6.55. The Labute approximate surface area is 99.4 Å². The Morgan fingerprint density at radius 2 is 1.94 bits per heavy atom. The molecule has 0 fully saturated rings. The average Bonchev–Trinajstić information content (AvgIpc) is 2.30. The van der Waals surface area contributed by atoms with Crippen LogP contribution in [0.1, 0.15) is 59.3 Å². The second-order valence-corrected chi connectivity index (χ2v) is 4.30. The van der Waals surface area contributed by atoms with Gasteiger partial charge in [0.1, 0.15) is 0 Å². The molecule has 2 atom stereocenters. The van der Waals surface area contributed by atoms with E-state index in [9.17, 15) is 0 Å². The van der Waals surface area contributed by atoms with E-state index < -0.39 is 0 Å². The molecule has 94 valence electrons. The number of nitrogens with one attached hydrogen (secondary N) is 1. The van der Waals surface area contributed by atoms with E-state index in [1.165, 1.54) is 12.8 Å². The molecule has 4 heteroatoms. The molecule has 0 aromatic carbocycles. The van der Waals surface area contributed by atoms with Crippen LogP contribution in [0.25, 0.3) is 10.4 Å². The summed E-state index contributed by atoms with van der Waals surface area (Å²) in [6.07, 6.45) is 6.83. The van der Waals surface area contributed by atoms with Gasteiger partial charge in [0.2, 0.25) is 0 Å². The maximum absolute atomic E-state index is 8.49. The zero-order valence-electron chi connectivity index (χ0n) is 10.9. The predicted octanol–water partition coefficient (Wildman–Crippen LogP) is 4.02. The van der Waals surface area contributed by atoms with Crippen LogP contribution in [0.15, 0.2) is 5.11 Å². The first kappa shape index (κ1) is 15.3. The normalized spacial score (nSPS) is 14.2. The Balaban J connectivity index is 3.92. The lowest BCUT2D eigenvalue weighted by Crippen LogP contribution is -2.34. The van der Waals surface area contributed by atoms with Crippen molar-refractivity contribution in [2.45, 2.75) is 71.4 Å². The van der Waals surface area contributed by atoms with E-state index in [-0.39, 0.29) is 6.04 Å². The molecule has 4 nitrogen and oxygen atoms in total. The van der Waals surface area contributed by atoms with Crippen LogP contribution in [0.3, 0.4) is 0 Å². The molecule has 0 saturated heterocycles. The average molecular weight is 226 g/mol. The van der Waals surface area contributed by atoms with Crippen LogP contribution >= 0.6 is 0 Å². The third-order valence-corrected chi connectivity index (χ3v) is 2.88. The van der Waals surface area contributed by atoms with Gasteiger partial charge >= 0.3 is 0 Å². The maximum atomic E-state index is 8.49. The van der Waals surface area contributed by atoms with Gasteiger partial charge in [-0.2, -0.15) is 0 Å². The summed E-state index contributed by atoms with van der Waals surface area (Å²) in [5.41, 5.74) is 8.49. The van der Waals surface area contributed by atoms with Crippen LogP contribution in [0.2, 0.25) is 0 Å². The second kappa shape index (κ2) is 10.8. The third-order valence-electron chi connectivity index (χ3n) is 2.88. The van der Waals surface area contributed by atoms with Crippen LogP contribution in [0.4, 0.5) is 0 Å². The number of hydrogen-bond donors (Lipinski definition) is 1. The topological polar surface area (TPSA) is 60.8 Å². The summed E-state index contributed by atoms with van der Waals surface area (Å²) < 4.78 is 0. The minimum Gasteiger partial charge on any atom is -0.314 e. The number of unbranched alkanes of at least 4 members (excludes halogenated alkanes) is 1. The van der Waals surface area contributed by atoms with Gasteiger partial charge < -0.3 is 5.32 Å². The smallest absolute Gasteiger partial charge is 0.0498 e. The van der Waals surface area contributed by atoms with Gasteiger partial charge in [-0.15, -0.1) is 0 Å². The fourth-order valence-electron chi connectivity index (χ4n) is 1.82. The Morgan fingerprint density at radius 3 is 2.44 bits per heavy atom. The van der Waals surface area contributed by atoms with Crippen LogP contribution in [-0.2, 0) is 0 Å². The maximum Gasteiger partial charge on any atom is 0.0498 e. The summed E-state index contributed by atoms with van der Waals surface area (Å²) in [4.78, 5) is 2.92. The van der Waals surface area contributed by atoms with Gasteiger partial charge in [0.25, 0.3) is 0 Å². The van der Waals surface area contributed by atoms with Gasteiger partial charge in [0, 0.05) is 23.5 Å². The lowest BCUT2D eigenvalue weighted by molar-refractivity contribution is 0.427. The molecular formula is C12H26N4. The van der Waals surface area contributed by atoms with Crippen LogP contribution in [0, 0.1) is 0 Å². The van der Waals surface area contributed by atoms with Crippen molar-refractivity contribution < 1.29 is 0 Å². The highest BCUT2D eigenvalue weighted by Gasteiger charge is 2.09. The molecule has 0 aliphatic rings. The lowest BCUT2D eigenvalue weighted by atomic mass is 10.1. The SMILES string of the molecule is CCCCC(CNC(CC)CCC)N=[N+]=[N-]. The van der Waals surface area contributed by atoms with Crippen molar-refractivity contribution in [3.63, 3.8) is 0 Å². The summed E-state index contributed by atoms with van der Waals surface area (Å²) in [5, 5.41) is 7.35. The van der Waals surface area contributed by atoms with Gasteiger partial charge in [0.15, 0.2) is 0 Å². The molecule has 0 bridgehead atoms. The summed E-state index contributed by atoms with van der Waals surface area (Å²) in [5.74, 6) is 0. The molecule has 0 aliphatic heterocycles. The van der Waals surface area contributed by atoms with E-state index in [0.29, 0.717) is 6.04 Å². The number of hydrogen-bond acceptors (Lipinski definition) is 2. The van der Waals surface area contributed by atoms with E-state index >= 15 is 0 Å². The van der Waals surface area contributed by atoms with E-state index in [2.05, 4.69) is 36.1 Å². The minimum atomic E-state index is 0.121. The van der Waals surface area contributed by atoms with Crippen molar-refractivity contribution in [3.8, 4) is 0 Å². The third kappa shape index (κ3) is 7.55. The van der Waals surface area contributed by atoms with Gasteiger partial charge in [-0.05, 0) is 24.8 Å². The summed E-state index contributed by atoms with van der Waals surface area (Å²) >= 11 is 0. The van der Waals surface area contributed by atoms with Gasteiger partial charge in [0.05, 0.1) is 0 Å². The molecular weight excluding hydrogens is 200 g/mol. The molecule has 0 amide bonds. The molecule has 0 aliphatic carbocycles. The van der Waals surface area contributed by atoms with E-state index in [1.54, 1.807) is 0 Å². The zero-order chi connectivity index (χ0) is 12.2. The first-order valence-corrected chi connectivity index (χ1v) is 6.55. The largest absolute Gasteiger partial charge is 0.314 e. The fraction of sp³-hybridized carbons (Fsp3) is 1.00. The summed E-state index contributed by atoms with van der Waals surface area (Å²) in [6, 6.07) is 0.693. The standard InChI is InChI=1S/C12H26N4/c1-4-7-9-12(15-16-13)10-14-11(6-3)8-5-2/h11-12,14H,4-10H2,1-3H3. The quantitative estimate of drug-likeness (QED) is 0.341. The fourth-order valence-corrected chi connectivity index (χ4v) is 1.82. The van der Waals surface area contributed by atoms with Crippen molar-refractivity contribution in [1.29, 1.82) is 0 Å². The Kier molecular flexibility index (Phi) is 10.3. The van der Waals surface area contributed by atoms with Crippen LogP contribution < -0.4 is 5.32 Å². The predicted molar refractivity (Wildman–Crippen MR) is 69.4 cm³/mol. The number of nitrogens with zero attached hydrogens (tertiary/aromatic N) is 3. The molecule has 0 saturated carbocycles. The number of azide groups is 1. The van der Waals surface area contributed by atoms with Gasteiger partial charge in [-0.25, -0.2) is 0 Å². The van der Waals surface area contributed by atoms with Gasteiger partial charge in [-0.1, -0.05) is 45.1 Å². The van der Waals surface area contributed by atoms with Crippen molar-refractivity contribution in [1.82, 2.24) is 5.32 Å². The minimum absolute atomic E-state index is 0.121. The molecule has 0 radical (unpaired) electrons. The van der Waals surface area contributed by atoms with Crippen molar-refractivity contribution in [3.05, 3.63) is 10.4 Å². The summed E-state index contributed by atoms with van der Waals surface area (Å²) in [7, 11) is 0. The molecule has 0 spiro atoms. The molecule has 0 heterocycles. The van der Waals surface area contributed by atoms with E-state index in [4.69, 9.17) is 5.53 Å². The molecule has 0 rings (SSSR count). The van der Waals surface area contributed by atoms with E-state index in [1.807, 2.05) is 0 Å². The first-order chi connectivity index (χ1) is 7.78. The molecule has 0 aromatic heterocycles. The number of rotatable bonds is 10. The molecule has 16 heavy (non-hydrogen) atoms. The lowest BCUT2D eigenvalue weighted by Gasteiger charge is -2.19. The van der Waals surface area contributed by atoms with Crippen LogP contribution in [0.5, 0.6) is 0 Å². The van der Waals surface area contributed by atoms with Crippen molar-refractivity contribution in [2.75, 3.05) is 6.54 Å². The molecule has 2 unspecified atom stereocenters. The van der Waals surface area contributed by atoms with E-state index in [0.717, 1.165) is 32.2 Å². The van der Waals surface area contributed by atoms with Crippen LogP contribution in [-0.4, -0.2) is 18.6 Å². The monoisotopic (exact) mass is 226 g/mol. The van der Waals surface area contributed by atoms with Gasteiger partial charge in [-0.3, -0.25) is 0 Å². The Hall–Kier alpha value is -0.730. The van der Waals surface area contributed by atoms with Crippen molar-refractivity contribution in [2.24, 2.45) is 5.11 Å². The zero-order valence-corrected chi connectivity index (χ0v) is 10.9. The highest BCUT2D eigenvalue weighted by atomic mass is 15.2. The highest BCUT2D eigenvalue weighted by molar-refractivity contribution is 4.73. The Bertz CT molecular complexity index is 199. The summed E-state index contributed by atoms with van der Waals surface area (Å²) in [6.45, 7) is 7.38. The molecule has 1 N–H and O–H groups in total. The molecule has 0 aromatic rings. The Morgan fingerprint density at radius 1 is 1.19 bits per heavy atom. The highest BCUT2D eigenvalue weighted by Crippen LogP contribution is 2.06. The second-order valence-electron chi connectivity index (χ2n) is 4.30.